The van der Waals surface area contributed by atoms with Crippen molar-refractivity contribution in [1.29, 1.82) is 0 Å². The van der Waals surface area contributed by atoms with Gasteiger partial charge >= 0.3 is 5.97 Å². The van der Waals surface area contributed by atoms with Gasteiger partial charge < -0.3 is 20.3 Å². The molecule has 2 atom stereocenters. The van der Waals surface area contributed by atoms with E-state index < -0.39 is 12.1 Å². The summed E-state index contributed by atoms with van der Waals surface area (Å²) in [5.74, 6) is -0.0901. The van der Waals surface area contributed by atoms with E-state index in [9.17, 15) is 19.8 Å². The van der Waals surface area contributed by atoms with E-state index in [2.05, 4.69) is 31.3 Å². The maximum absolute atomic E-state index is 12.4. The smallest absolute Gasteiger partial charge is 0.305 e. The van der Waals surface area contributed by atoms with E-state index in [1.54, 1.807) is 6.08 Å². The summed E-state index contributed by atoms with van der Waals surface area (Å²) in [5, 5.41) is 23.1. The Morgan fingerprint density at radius 1 is 0.435 bits per heavy atom. The number of carbonyl (C=O) groups excluding carboxylic acids is 2. The topological polar surface area (TPSA) is 95.9 Å². The van der Waals surface area contributed by atoms with Gasteiger partial charge in [-0.15, -0.1) is 0 Å². The highest BCUT2D eigenvalue weighted by Crippen LogP contribution is 2.16. The van der Waals surface area contributed by atoms with E-state index in [4.69, 9.17) is 4.74 Å². The maximum atomic E-state index is 12.4. The molecule has 62 heavy (non-hydrogen) atoms. The second kappa shape index (κ2) is 52.0. The molecule has 6 nitrogen and oxygen atoms in total. The number of hydrogen-bond donors (Lipinski definition) is 3. The Morgan fingerprint density at radius 3 is 1.15 bits per heavy atom. The van der Waals surface area contributed by atoms with Crippen LogP contribution in [0.2, 0.25) is 0 Å². The first-order valence-electron chi connectivity index (χ1n) is 27.6. The maximum Gasteiger partial charge on any atom is 0.305 e. The monoisotopic (exact) mass is 874 g/mol. The summed E-state index contributed by atoms with van der Waals surface area (Å²) in [7, 11) is 0. The Balaban J connectivity index is 3.46. The molecule has 0 aromatic heterocycles. The van der Waals surface area contributed by atoms with Crippen LogP contribution in [0.25, 0.3) is 0 Å². The number of rotatable bonds is 51. The van der Waals surface area contributed by atoms with Crippen molar-refractivity contribution in [2.45, 2.75) is 309 Å². The van der Waals surface area contributed by atoms with Gasteiger partial charge in [-0.1, -0.05) is 250 Å². The quantitative estimate of drug-likeness (QED) is 0.0321. The molecule has 0 heterocycles. The summed E-state index contributed by atoms with van der Waals surface area (Å²) in [4.78, 5) is 24.5. The third kappa shape index (κ3) is 47.8. The zero-order valence-corrected chi connectivity index (χ0v) is 41.6. The molecule has 3 N–H and O–H groups in total. The summed E-state index contributed by atoms with van der Waals surface area (Å²) in [6.45, 7) is 4.88. The van der Waals surface area contributed by atoms with Crippen molar-refractivity contribution in [3.8, 4) is 0 Å². The highest BCUT2D eigenvalue weighted by Gasteiger charge is 2.18. The Labute approximate surface area is 386 Å². The second-order valence-corrected chi connectivity index (χ2v) is 18.9. The minimum atomic E-state index is -0.852. The number of amides is 1. The number of aliphatic hydroxyl groups is 2. The lowest BCUT2D eigenvalue weighted by Gasteiger charge is -2.20. The SMILES string of the molecule is CCCCCCCCC/C=C\CCCCCCCCCC(=O)OCCCCCCCCCCCCCCCC(=O)NC(CO)C(O)/C=C/CCCCCCCCCCCCCC. The minimum absolute atomic E-state index is 0.00976. The average Bonchev–Trinajstić information content (AvgIpc) is 3.27. The van der Waals surface area contributed by atoms with E-state index in [0.717, 1.165) is 57.8 Å². The van der Waals surface area contributed by atoms with Gasteiger partial charge in [-0.25, -0.2) is 0 Å². The van der Waals surface area contributed by atoms with Crippen LogP contribution in [0.5, 0.6) is 0 Å². The van der Waals surface area contributed by atoms with Crippen molar-refractivity contribution in [2.75, 3.05) is 13.2 Å². The number of nitrogens with one attached hydrogen (secondary N) is 1. The summed E-state index contributed by atoms with van der Waals surface area (Å²) in [5.41, 5.74) is 0. The predicted octanol–water partition coefficient (Wildman–Crippen LogP) is 16.7. The largest absolute Gasteiger partial charge is 0.466 e. The van der Waals surface area contributed by atoms with Crippen LogP contribution in [0.15, 0.2) is 24.3 Å². The first-order chi connectivity index (χ1) is 30.5. The van der Waals surface area contributed by atoms with Crippen LogP contribution >= 0.6 is 0 Å². The lowest BCUT2D eigenvalue weighted by atomic mass is 10.0. The molecule has 0 saturated carbocycles. The Morgan fingerprint density at radius 2 is 0.758 bits per heavy atom. The fourth-order valence-corrected chi connectivity index (χ4v) is 8.45. The van der Waals surface area contributed by atoms with Crippen LogP contribution in [0.4, 0.5) is 0 Å². The van der Waals surface area contributed by atoms with Crippen LogP contribution in [0, 0.1) is 0 Å². The Kier molecular flexibility index (Phi) is 50.6. The molecule has 0 aromatic rings. The van der Waals surface area contributed by atoms with Gasteiger partial charge in [-0.3, -0.25) is 9.59 Å². The molecule has 0 aromatic carbocycles. The van der Waals surface area contributed by atoms with Gasteiger partial charge in [0.15, 0.2) is 0 Å². The summed E-state index contributed by atoms with van der Waals surface area (Å²) in [6, 6.07) is -0.637. The lowest BCUT2D eigenvalue weighted by Crippen LogP contribution is -2.45. The van der Waals surface area contributed by atoms with E-state index in [0.29, 0.717) is 19.4 Å². The number of hydrogen-bond acceptors (Lipinski definition) is 5. The fourth-order valence-electron chi connectivity index (χ4n) is 8.45. The van der Waals surface area contributed by atoms with Gasteiger partial charge in [0.05, 0.1) is 25.4 Å². The van der Waals surface area contributed by atoms with Gasteiger partial charge in [0.1, 0.15) is 0 Å². The summed E-state index contributed by atoms with van der Waals surface area (Å²) in [6.07, 6.45) is 61.8. The normalized spacial score (nSPS) is 12.8. The average molecular weight is 874 g/mol. The van der Waals surface area contributed by atoms with Gasteiger partial charge in [-0.2, -0.15) is 0 Å². The highest BCUT2D eigenvalue weighted by molar-refractivity contribution is 5.76. The molecule has 0 aliphatic carbocycles. The van der Waals surface area contributed by atoms with Gasteiger partial charge in [0, 0.05) is 12.8 Å². The molecule has 0 rings (SSSR count). The highest BCUT2D eigenvalue weighted by atomic mass is 16.5. The molecule has 0 spiro atoms. The van der Waals surface area contributed by atoms with Crippen molar-refractivity contribution < 1.29 is 24.5 Å². The molecule has 1 amide bonds. The third-order valence-electron chi connectivity index (χ3n) is 12.7. The number of allylic oxidation sites excluding steroid dienone is 3. The molecular formula is C56H107NO5. The lowest BCUT2D eigenvalue weighted by molar-refractivity contribution is -0.143. The van der Waals surface area contributed by atoms with Crippen LogP contribution in [0.1, 0.15) is 296 Å². The number of aliphatic hydroxyl groups excluding tert-OH is 2. The van der Waals surface area contributed by atoms with Crippen LogP contribution < -0.4 is 5.32 Å². The number of ether oxygens (including phenoxy) is 1. The zero-order chi connectivity index (χ0) is 45.1. The number of esters is 1. The molecule has 0 bridgehead atoms. The molecule has 2 unspecified atom stereocenters. The van der Waals surface area contributed by atoms with Gasteiger partial charge in [-0.05, 0) is 57.8 Å². The Bertz CT molecular complexity index is 966. The van der Waals surface area contributed by atoms with Crippen molar-refractivity contribution in [1.82, 2.24) is 5.32 Å². The summed E-state index contributed by atoms with van der Waals surface area (Å²) >= 11 is 0. The molecule has 0 radical (unpaired) electrons. The standard InChI is InChI=1S/C56H107NO5/c1-3-5-7-9-11-13-15-17-19-20-21-22-26-30-34-38-42-46-50-56(61)62-51-47-43-39-35-31-27-23-25-29-33-37-41-45-49-55(60)57-53(52-58)54(59)48-44-40-36-32-28-24-18-16-14-12-10-8-6-4-2/h19-20,44,48,53-54,58-59H,3-18,21-43,45-47,49-52H2,1-2H3,(H,57,60)/b20-19-,48-44+. The zero-order valence-electron chi connectivity index (χ0n) is 41.6. The molecule has 0 fully saturated rings. The molecule has 6 heteroatoms. The number of carbonyl (C=O) groups is 2. The molecule has 0 saturated heterocycles. The van der Waals surface area contributed by atoms with E-state index in [1.807, 2.05) is 6.08 Å². The van der Waals surface area contributed by atoms with Crippen molar-refractivity contribution in [3.63, 3.8) is 0 Å². The van der Waals surface area contributed by atoms with E-state index in [1.165, 1.54) is 212 Å². The van der Waals surface area contributed by atoms with E-state index in [-0.39, 0.29) is 18.5 Å². The van der Waals surface area contributed by atoms with Crippen LogP contribution in [0.3, 0.4) is 0 Å². The first kappa shape index (κ1) is 60.3. The molecule has 0 aliphatic heterocycles. The molecule has 366 valence electrons. The Hall–Kier alpha value is -1.66. The van der Waals surface area contributed by atoms with Crippen molar-refractivity contribution >= 4 is 11.9 Å². The van der Waals surface area contributed by atoms with Crippen molar-refractivity contribution in [2.24, 2.45) is 0 Å². The second-order valence-electron chi connectivity index (χ2n) is 18.9. The predicted molar refractivity (Wildman–Crippen MR) is 269 cm³/mol. The van der Waals surface area contributed by atoms with Crippen LogP contribution in [-0.4, -0.2) is 47.4 Å². The van der Waals surface area contributed by atoms with Gasteiger partial charge in [0.25, 0.3) is 0 Å². The third-order valence-corrected chi connectivity index (χ3v) is 12.7. The minimum Gasteiger partial charge on any atom is -0.466 e. The number of unbranched alkanes of at least 4 members (excludes halogenated alkanes) is 38. The molecule has 0 aliphatic rings. The fraction of sp³-hybridized carbons (Fsp3) is 0.893. The first-order valence-corrected chi connectivity index (χ1v) is 27.6. The van der Waals surface area contributed by atoms with Crippen molar-refractivity contribution in [3.05, 3.63) is 24.3 Å². The molecular weight excluding hydrogens is 767 g/mol. The van der Waals surface area contributed by atoms with Crippen LogP contribution in [-0.2, 0) is 14.3 Å². The van der Waals surface area contributed by atoms with Gasteiger partial charge in [0.2, 0.25) is 5.91 Å². The summed E-state index contributed by atoms with van der Waals surface area (Å²) < 4.78 is 5.48. The van der Waals surface area contributed by atoms with E-state index >= 15 is 0 Å².